The van der Waals surface area contributed by atoms with Crippen LogP contribution in [0.3, 0.4) is 0 Å². The predicted octanol–water partition coefficient (Wildman–Crippen LogP) is -0.835. The summed E-state index contributed by atoms with van der Waals surface area (Å²) in [4.78, 5) is 44.3. The first-order valence-electron chi connectivity index (χ1n) is 3.31. The van der Waals surface area contributed by atoms with Crippen molar-refractivity contribution in [2.24, 2.45) is 0 Å². The van der Waals surface area contributed by atoms with Gasteiger partial charge in [-0.15, -0.1) is 19.3 Å². The molecule has 0 atom stereocenters. The highest BCUT2D eigenvalue weighted by atomic mass is 16.4. The van der Waals surface area contributed by atoms with Crippen LogP contribution in [0.15, 0.2) is 0 Å². The van der Waals surface area contributed by atoms with Crippen LogP contribution in [0.2, 0.25) is 0 Å². The molecule has 8 heteroatoms. The van der Waals surface area contributed by atoms with Crippen LogP contribution in [0.25, 0.3) is 0 Å². The summed E-state index contributed by atoms with van der Waals surface area (Å²) in [5, 5.41) is 22.9. The third-order valence-electron chi connectivity index (χ3n) is 0.400. The van der Waals surface area contributed by atoms with Crippen LogP contribution in [-0.4, -0.2) is 39.4 Å². The third-order valence-corrected chi connectivity index (χ3v) is 0.400. The van der Waals surface area contributed by atoms with Gasteiger partial charge in [0, 0.05) is 17.8 Å². The molecule has 0 rings (SSSR count). The van der Waals surface area contributed by atoms with E-state index < -0.39 is 17.9 Å². The molecule has 0 aliphatic heterocycles. The van der Waals surface area contributed by atoms with Gasteiger partial charge in [-0.05, 0) is 0 Å². The Bertz CT molecular complexity index is 403. The van der Waals surface area contributed by atoms with E-state index in [1.807, 2.05) is 0 Å². The summed E-state index contributed by atoms with van der Waals surface area (Å²) in [6.45, 7) is 0. The Hall–Kier alpha value is -3.53. The van der Waals surface area contributed by atoms with Crippen molar-refractivity contribution < 1.29 is 39.3 Å². The van der Waals surface area contributed by atoms with Gasteiger partial charge in [-0.1, -0.05) is 7.43 Å². The minimum atomic E-state index is -1.44. The van der Waals surface area contributed by atoms with Gasteiger partial charge >= 0.3 is 24.1 Å². The van der Waals surface area contributed by atoms with E-state index in [0.29, 0.717) is 0 Å². The highest BCUT2D eigenvalue weighted by Crippen LogP contribution is 1.57. The van der Waals surface area contributed by atoms with E-state index in [1.54, 1.807) is 0 Å². The molecule has 0 heterocycles. The van der Waals surface area contributed by atoms with Crippen LogP contribution in [0, 0.1) is 37.0 Å². The van der Waals surface area contributed by atoms with Crippen LogP contribution in [-0.2, 0) is 24.0 Å². The second-order valence-electron chi connectivity index (χ2n) is 1.39. The van der Waals surface area contributed by atoms with Crippen LogP contribution >= 0.6 is 0 Å². The summed E-state index contributed by atoms with van der Waals surface area (Å²) < 4.78 is 0. The van der Waals surface area contributed by atoms with E-state index >= 15 is 0 Å². The molecule has 0 unspecified atom stereocenters. The standard InChI is InChI=1S/C4H2O4.C3H2O2.C2H2.CO2.CH4/c5-3(6)1-2-4(7)8;1-2-3(4)5;1-2;2-1-3;/h(H,5,6)(H,7,8);1H,(H,4,5);1-2H;;1H4. The number of hydrogen-bond donors (Lipinski definition) is 3. The van der Waals surface area contributed by atoms with Crippen molar-refractivity contribution in [2.45, 2.75) is 7.43 Å². The summed E-state index contributed by atoms with van der Waals surface area (Å²) in [5.74, 6) is 0.176. The zero-order valence-corrected chi connectivity index (χ0v) is 8.61. The number of carbonyl (C=O) groups is 3. The molecule has 0 saturated carbocycles. The quantitative estimate of drug-likeness (QED) is 0.483. The summed E-state index contributed by atoms with van der Waals surface area (Å²) in [6, 6.07) is 0. The maximum atomic E-state index is 9.47. The Morgan fingerprint density at radius 1 is 0.789 bits per heavy atom. The van der Waals surface area contributed by atoms with Gasteiger partial charge in [0.05, 0.1) is 0 Å². The van der Waals surface area contributed by atoms with Gasteiger partial charge in [0.2, 0.25) is 0 Å². The maximum Gasteiger partial charge on any atom is 0.382 e. The summed E-state index contributed by atoms with van der Waals surface area (Å²) in [5.41, 5.74) is 0. The van der Waals surface area contributed by atoms with Gasteiger partial charge in [0.15, 0.2) is 0 Å². The molecular weight excluding hydrogens is 260 g/mol. The lowest BCUT2D eigenvalue weighted by molar-refractivity contribution is -0.191. The molecule has 0 fully saturated rings. The molecule has 0 radical (unpaired) electrons. The number of carboxylic acid groups (broad SMARTS) is 3. The van der Waals surface area contributed by atoms with Crippen molar-refractivity contribution in [3.05, 3.63) is 0 Å². The fourth-order valence-corrected chi connectivity index (χ4v) is 0.107. The highest BCUT2D eigenvalue weighted by molar-refractivity contribution is 5.96. The minimum absolute atomic E-state index is 0. The Kier molecular flexibility index (Phi) is 45.5. The van der Waals surface area contributed by atoms with Crippen molar-refractivity contribution in [3.8, 4) is 37.0 Å². The first-order chi connectivity index (χ1) is 8.31. The lowest BCUT2D eigenvalue weighted by atomic mass is 10.6. The lowest BCUT2D eigenvalue weighted by Crippen LogP contribution is -1.92. The molecular formula is C11H10O8. The highest BCUT2D eigenvalue weighted by Gasteiger charge is 1.86. The maximum absolute atomic E-state index is 9.47. The summed E-state index contributed by atoms with van der Waals surface area (Å²) in [7, 11) is 0. The average molecular weight is 270 g/mol. The molecule has 0 aromatic carbocycles. The molecule has 19 heavy (non-hydrogen) atoms. The van der Waals surface area contributed by atoms with Crippen LogP contribution in [0.1, 0.15) is 7.43 Å². The Morgan fingerprint density at radius 2 is 0.947 bits per heavy atom. The van der Waals surface area contributed by atoms with Gasteiger partial charge in [0.1, 0.15) is 0 Å². The Balaban J connectivity index is -0.0000000516. The van der Waals surface area contributed by atoms with E-state index in [1.165, 1.54) is 17.8 Å². The average Bonchev–Trinajstić information content (AvgIpc) is 2.31. The van der Waals surface area contributed by atoms with Crippen molar-refractivity contribution >= 4 is 24.1 Å². The first kappa shape index (κ1) is 29.5. The number of carbonyl (C=O) groups excluding carboxylic acids is 2. The van der Waals surface area contributed by atoms with E-state index in [4.69, 9.17) is 29.7 Å². The lowest BCUT2D eigenvalue weighted by Gasteiger charge is -1.68. The molecule has 0 spiro atoms. The van der Waals surface area contributed by atoms with E-state index in [9.17, 15) is 9.59 Å². The minimum Gasteiger partial charge on any atom is -0.472 e. The van der Waals surface area contributed by atoms with Crippen LogP contribution in [0.4, 0.5) is 0 Å². The molecule has 3 N–H and O–H groups in total. The monoisotopic (exact) mass is 270 g/mol. The van der Waals surface area contributed by atoms with Gasteiger partial charge in [-0.2, -0.15) is 9.59 Å². The molecule has 0 bridgehead atoms. The predicted molar refractivity (Wildman–Crippen MR) is 61.1 cm³/mol. The number of hydrogen-bond acceptors (Lipinski definition) is 5. The fraction of sp³-hybridized carbons (Fsp3) is 0.0909. The normalized spacial score (nSPS) is 4.68. The van der Waals surface area contributed by atoms with E-state index in [0.717, 1.165) is 0 Å². The SMILES string of the molecule is C.C#C.C#CC(=O)O.O=C(O)C#CC(=O)O.O=C=O. The molecule has 0 amide bonds. The molecule has 0 aliphatic carbocycles. The summed E-state index contributed by atoms with van der Waals surface area (Å²) >= 11 is 0. The number of carboxylic acids is 3. The second kappa shape index (κ2) is 29.3. The Morgan fingerprint density at radius 3 is 1.00 bits per heavy atom. The molecule has 0 aliphatic rings. The molecule has 0 aromatic rings. The molecule has 102 valence electrons. The van der Waals surface area contributed by atoms with Crippen molar-refractivity contribution in [1.29, 1.82) is 0 Å². The van der Waals surface area contributed by atoms with Crippen LogP contribution < -0.4 is 0 Å². The molecule has 0 saturated heterocycles. The van der Waals surface area contributed by atoms with Gasteiger partial charge in [-0.25, -0.2) is 14.4 Å². The topological polar surface area (TPSA) is 146 Å². The van der Waals surface area contributed by atoms with Gasteiger partial charge in [0.25, 0.3) is 0 Å². The smallest absolute Gasteiger partial charge is 0.382 e. The zero-order valence-electron chi connectivity index (χ0n) is 8.61. The second-order valence-corrected chi connectivity index (χ2v) is 1.39. The fourth-order valence-electron chi connectivity index (χ4n) is 0.107. The largest absolute Gasteiger partial charge is 0.472 e. The van der Waals surface area contributed by atoms with E-state index in [-0.39, 0.29) is 13.6 Å². The number of aliphatic carboxylic acids is 3. The zero-order chi connectivity index (χ0) is 15.6. The van der Waals surface area contributed by atoms with Gasteiger partial charge < -0.3 is 15.3 Å². The van der Waals surface area contributed by atoms with Crippen LogP contribution in [0.5, 0.6) is 0 Å². The van der Waals surface area contributed by atoms with E-state index in [2.05, 4.69) is 19.3 Å². The van der Waals surface area contributed by atoms with Crippen molar-refractivity contribution in [3.63, 3.8) is 0 Å². The third kappa shape index (κ3) is 187. The van der Waals surface area contributed by atoms with Crippen molar-refractivity contribution in [1.82, 2.24) is 0 Å². The van der Waals surface area contributed by atoms with Crippen molar-refractivity contribution in [2.75, 3.05) is 0 Å². The number of rotatable bonds is 0. The Labute approximate surface area is 109 Å². The number of terminal acetylenes is 2. The summed E-state index contributed by atoms with van der Waals surface area (Å²) in [6.07, 6.45) is 12.6. The molecule has 8 nitrogen and oxygen atoms in total. The molecule has 0 aromatic heterocycles. The first-order valence-corrected chi connectivity index (χ1v) is 3.31. The van der Waals surface area contributed by atoms with Gasteiger partial charge in [-0.3, -0.25) is 0 Å².